The maximum Gasteiger partial charge on any atom is 0.246 e. The first-order valence-corrected chi connectivity index (χ1v) is 12.5. The van der Waals surface area contributed by atoms with E-state index in [-0.39, 0.29) is 48.6 Å². The Morgan fingerprint density at radius 2 is 1.77 bits per heavy atom. The highest BCUT2D eigenvalue weighted by Crippen LogP contribution is 2.35. The molecular formula is C18H22ClN3O7S2. The van der Waals surface area contributed by atoms with Crippen molar-refractivity contribution in [3.8, 4) is 5.75 Å². The van der Waals surface area contributed by atoms with E-state index in [2.05, 4.69) is 5.32 Å². The van der Waals surface area contributed by atoms with Gasteiger partial charge in [0.05, 0.1) is 37.2 Å². The van der Waals surface area contributed by atoms with E-state index < -0.39 is 24.9 Å². The smallest absolute Gasteiger partial charge is 0.246 e. The fraction of sp³-hybridized carbons (Fsp3) is 0.333. The van der Waals surface area contributed by atoms with E-state index in [9.17, 15) is 27.0 Å². The van der Waals surface area contributed by atoms with E-state index in [1.54, 1.807) is 18.2 Å². The number of nitrogens with two attached hydrogens (primary N) is 1. The van der Waals surface area contributed by atoms with Crippen molar-refractivity contribution in [2.75, 3.05) is 25.1 Å². The molecule has 0 spiro atoms. The first kappa shape index (κ1) is 23.7. The third-order valence-electron chi connectivity index (χ3n) is 4.62. The number of ether oxygens (including phenoxy) is 1. The molecule has 2 aromatic rings. The highest BCUT2D eigenvalue weighted by atomic mass is 35.5. The number of hydrogen-bond donors (Lipinski definition) is 4. The summed E-state index contributed by atoms with van der Waals surface area (Å²) in [6.45, 7) is -0.136. The minimum atomic E-state index is -4.20. The van der Waals surface area contributed by atoms with Crippen molar-refractivity contribution in [3.05, 3.63) is 46.5 Å². The number of fused-ring (bicyclic) bond motifs is 1. The van der Waals surface area contributed by atoms with Crippen molar-refractivity contribution in [2.45, 2.75) is 29.4 Å². The summed E-state index contributed by atoms with van der Waals surface area (Å²) in [7, 11) is -8.17. The zero-order valence-corrected chi connectivity index (χ0v) is 18.7. The van der Waals surface area contributed by atoms with Crippen LogP contribution in [0.15, 0.2) is 40.1 Å². The number of aliphatic hydroxyl groups is 2. The molecule has 0 amide bonds. The van der Waals surface area contributed by atoms with Crippen LogP contribution in [0.5, 0.6) is 5.75 Å². The Bertz CT molecular complexity index is 1160. The Labute approximate surface area is 185 Å². The van der Waals surface area contributed by atoms with Crippen LogP contribution in [0.4, 0.5) is 5.69 Å². The molecule has 0 saturated carbocycles. The van der Waals surface area contributed by atoms with Gasteiger partial charge in [0.2, 0.25) is 20.0 Å². The van der Waals surface area contributed by atoms with Crippen molar-refractivity contribution >= 4 is 37.3 Å². The van der Waals surface area contributed by atoms with E-state index in [1.807, 2.05) is 0 Å². The van der Waals surface area contributed by atoms with Gasteiger partial charge >= 0.3 is 0 Å². The van der Waals surface area contributed by atoms with Gasteiger partial charge in [-0.3, -0.25) is 0 Å². The van der Waals surface area contributed by atoms with Crippen LogP contribution < -0.4 is 15.2 Å². The maximum atomic E-state index is 12.9. The van der Waals surface area contributed by atoms with Gasteiger partial charge in [-0.1, -0.05) is 17.7 Å². The summed E-state index contributed by atoms with van der Waals surface area (Å²) in [5.41, 5.74) is 1.37. The Balaban J connectivity index is 1.70. The molecule has 3 rings (SSSR count). The van der Waals surface area contributed by atoms with Gasteiger partial charge in [0.1, 0.15) is 15.5 Å². The molecule has 0 atom stereocenters. The van der Waals surface area contributed by atoms with Crippen LogP contribution in [-0.2, 0) is 33.3 Å². The van der Waals surface area contributed by atoms with Gasteiger partial charge in [0.25, 0.3) is 0 Å². The molecule has 5 N–H and O–H groups in total. The minimum Gasteiger partial charge on any atom is -0.494 e. The molecule has 1 aliphatic heterocycles. The standard InChI is InChI=1S/C18H22ClN3O7S2/c19-15-7-16-18(8-17(15)30(20,25)26)31(27,28)22(11-21-16)2-1-3-29-14-5-12(9-23)4-13(6-14)10-24/h4-8,21,23-24H,1-3,9-11H2,(H2,20,25,26). The molecule has 0 radical (unpaired) electrons. The zero-order chi connectivity index (χ0) is 22.8. The third-order valence-corrected chi connectivity index (χ3v) is 7.88. The summed E-state index contributed by atoms with van der Waals surface area (Å²) in [6.07, 6.45) is 0.337. The molecule has 10 nitrogen and oxygen atoms in total. The van der Waals surface area contributed by atoms with Crippen LogP contribution in [0.3, 0.4) is 0 Å². The minimum absolute atomic E-state index is 0.0188. The topological polar surface area (TPSA) is 159 Å². The lowest BCUT2D eigenvalue weighted by Crippen LogP contribution is -2.40. The lowest BCUT2D eigenvalue weighted by Gasteiger charge is -2.29. The number of hydrogen-bond acceptors (Lipinski definition) is 8. The Morgan fingerprint density at radius 1 is 1.13 bits per heavy atom. The number of aliphatic hydroxyl groups excluding tert-OH is 2. The molecule has 0 saturated heterocycles. The average molecular weight is 492 g/mol. The zero-order valence-electron chi connectivity index (χ0n) is 16.3. The lowest BCUT2D eigenvalue weighted by atomic mass is 10.1. The number of anilines is 1. The second-order valence-electron chi connectivity index (χ2n) is 6.84. The van der Waals surface area contributed by atoms with Crippen molar-refractivity contribution in [1.82, 2.24) is 4.31 Å². The molecular weight excluding hydrogens is 470 g/mol. The molecule has 0 bridgehead atoms. The molecule has 13 heteroatoms. The van der Waals surface area contributed by atoms with Crippen LogP contribution in [0.2, 0.25) is 5.02 Å². The third kappa shape index (κ3) is 5.29. The number of rotatable bonds is 8. The Morgan fingerprint density at radius 3 is 2.35 bits per heavy atom. The summed E-state index contributed by atoms with van der Waals surface area (Å²) >= 11 is 5.92. The number of primary sulfonamides is 1. The van der Waals surface area contributed by atoms with Crippen molar-refractivity contribution in [1.29, 1.82) is 0 Å². The van der Waals surface area contributed by atoms with Gasteiger partial charge in [-0.2, -0.15) is 4.31 Å². The van der Waals surface area contributed by atoms with Crippen LogP contribution >= 0.6 is 11.6 Å². The van der Waals surface area contributed by atoms with Crippen LogP contribution in [0.25, 0.3) is 0 Å². The van der Waals surface area contributed by atoms with Gasteiger partial charge < -0.3 is 20.3 Å². The second kappa shape index (κ2) is 9.28. The molecule has 31 heavy (non-hydrogen) atoms. The van der Waals surface area contributed by atoms with E-state index in [4.69, 9.17) is 21.5 Å². The highest BCUT2D eigenvalue weighted by Gasteiger charge is 2.33. The van der Waals surface area contributed by atoms with Crippen molar-refractivity contribution in [2.24, 2.45) is 5.14 Å². The van der Waals surface area contributed by atoms with Crippen LogP contribution in [-0.4, -0.2) is 51.2 Å². The van der Waals surface area contributed by atoms with Crippen molar-refractivity contribution < 1.29 is 31.8 Å². The highest BCUT2D eigenvalue weighted by molar-refractivity contribution is 7.90. The predicted octanol–water partition coefficient (Wildman–Crippen LogP) is 0.815. The van der Waals surface area contributed by atoms with E-state index in [0.717, 1.165) is 10.4 Å². The van der Waals surface area contributed by atoms with Gasteiger partial charge in [0, 0.05) is 6.54 Å². The largest absolute Gasteiger partial charge is 0.494 e. The summed E-state index contributed by atoms with van der Waals surface area (Å²) in [5, 5.41) is 26.4. The van der Waals surface area contributed by atoms with Gasteiger partial charge in [0.15, 0.2) is 0 Å². The fourth-order valence-electron chi connectivity index (χ4n) is 3.13. The first-order chi connectivity index (χ1) is 14.6. The molecule has 0 unspecified atom stereocenters. The molecule has 0 aliphatic carbocycles. The molecule has 1 heterocycles. The first-order valence-electron chi connectivity index (χ1n) is 9.14. The number of benzene rings is 2. The Hall–Kier alpha value is -1.93. The lowest BCUT2D eigenvalue weighted by molar-refractivity contribution is 0.268. The molecule has 170 valence electrons. The number of nitrogens with one attached hydrogen (secondary N) is 1. The van der Waals surface area contributed by atoms with E-state index in [1.165, 1.54) is 6.07 Å². The van der Waals surface area contributed by atoms with Crippen LogP contribution in [0.1, 0.15) is 17.5 Å². The predicted molar refractivity (Wildman–Crippen MR) is 114 cm³/mol. The van der Waals surface area contributed by atoms with Crippen LogP contribution in [0, 0.1) is 0 Å². The molecule has 0 aromatic heterocycles. The molecule has 0 fully saturated rings. The SMILES string of the molecule is NS(=O)(=O)c1cc2c(cc1Cl)NCN(CCCOc1cc(CO)cc(CO)c1)S2(=O)=O. The number of sulfonamides is 2. The van der Waals surface area contributed by atoms with E-state index in [0.29, 0.717) is 23.3 Å². The van der Waals surface area contributed by atoms with E-state index >= 15 is 0 Å². The number of halogens is 1. The summed E-state index contributed by atoms with van der Waals surface area (Å²) < 4.78 is 56.0. The fourth-order valence-corrected chi connectivity index (χ4v) is 5.86. The number of nitrogens with zero attached hydrogens (tertiary/aromatic N) is 1. The monoisotopic (exact) mass is 491 g/mol. The normalized spacial score (nSPS) is 15.9. The maximum absolute atomic E-state index is 12.9. The quantitative estimate of drug-likeness (QED) is 0.395. The summed E-state index contributed by atoms with van der Waals surface area (Å²) in [4.78, 5) is -0.691. The molecule has 1 aliphatic rings. The Kier molecular flexibility index (Phi) is 7.11. The van der Waals surface area contributed by atoms with Gasteiger partial charge in [-0.25, -0.2) is 22.0 Å². The van der Waals surface area contributed by atoms with Gasteiger partial charge in [-0.15, -0.1) is 0 Å². The average Bonchev–Trinajstić information content (AvgIpc) is 2.70. The van der Waals surface area contributed by atoms with Gasteiger partial charge in [-0.05, 0) is 41.8 Å². The second-order valence-corrected chi connectivity index (χ2v) is 10.7. The summed E-state index contributed by atoms with van der Waals surface area (Å²) in [5.74, 6) is 0.452. The van der Waals surface area contributed by atoms with Crippen molar-refractivity contribution in [3.63, 3.8) is 0 Å². The summed E-state index contributed by atoms with van der Waals surface area (Å²) in [6, 6.07) is 7.09. The molecule has 2 aromatic carbocycles.